The highest BCUT2D eigenvalue weighted by Crippen LogP contribution is 2.30. The SMILES string of the molecule is Cc1cccnc1NC(=O)c1ccc2c(c1)OCCCO2. The molecule has 0 bridgehead atoms. The molecule has 0 saturated heterocycles. The summed E-state index contributed by atoms with van der Waals surface area (Å²) in [7, 11) is 0. The number of pyridine rings is 1. The topological polar surface area (TPSA) is 60.5 Å². The molecule has 1 amide bonds. The summed E-state index contributed by atoms with van der Waals surface area (Å²) in [5, 5.41) is 2.80. The normalized spacial score (nSPS) is 13.4. The second-order valence-electron chi connectivity index (χ2n) is 4.84. The molecule has 3 rings (SSSR count). The van der Waals surface area contributed by atoms with Crippen molar-refractivity contribution in [3.63, 3.8) is 0 Å². The smallest absolute Gasteiger partial charge is 0.256 e. The van der Waals surface area contributed by atoms with E-state index in [-0.39, 0.29) is 5.91 Å². The highest BCUT2D eigenvalue weighted by molar-refractivity contribution is 6.04. The number of benzene rings is 1. The molecule has 108 valence electrons. The predicted octanol–water partition coefficient (Wildman–Crippen LogP) is 2.80. The maximum atomic E-state index is 12.3. The zero-order chi connectivity index (χ0) is 14.7. The van der Waals surface area contributed by atoms with E-state index in [1.54, 1.807) is 24.4 Å². The Hall–Kier alpha value is -2.56. The van der Waals surface area contributed by atoms with Gasteiger partial charge in [0.25, 0.3) is 5.91 Å². The van der Waals surface area contributed by atoms with Gasteiger partial charge in [-0.3, -0.25) is 4.79 Å². The first kappa shape index (κ1) is 13.4. The van der Waals surface area contributed by atoms with Crippen LogP contribution in [0.1, 0.15) is 22.3 Å². The molecule has 0 saturated carbocycles. The Bertz CT molecular complexity index is 670. The van der Waals surface area contributed by atoms with Crippen molar-refractivity contribution in [3.8, 4) is 11.5 Å². The molecular weight excluding hydrogens is 268 g/mol. The van der Waals surface area contributed by atoms with Gasteiger partial charge < -0.3 is 14.8 Å². The average molecular weight is 284 g/mol. The van der Waals surface area contributed by atoms with E-state index in [1.807, 2.05) is 19.1 Å². The lowest BCUT2D eigenvalue weighted by Gasteiger charge is -2.10. The van der Waals surface area contributed by atoms with Crippen LogP contribution in [0.2, 0.25) is 0 Å². The molecule has 1 aliphatic heterocycles. The van der Waals surface area contributed by atoms with Gasteiger partial charge in [0.2, 0.25) is 0 Å². The number of ether oxygens (including phenoxy) is 2. The lowest BCUT2D eigenvalue weighted by Crippen LogP contribution is -2.14. The Labute approximate surface area is 122 Å². The molecule has 1 aromatic carbocycles. The molecule has 0 aliphatic carbocycles. The van der Waals surface area contributed by atoms with Crippen LogP contribution < -0.4 is 14.8 Å². The molecule has 2 aromatic rings. The number of hydrogen-bond donors (Lipinski definition) is 1. The van der Waals surface area contributed by atoms with Crippen LogP contribution >= 0.6 is 0 Å². The fourth-order valence-corrected chi connectivity index (χ4v) is 2.10. The van der Waals surface area contributed by atoms with Crippen molar-refractivity contribution < 1.29 is 14.3 Å². The third-order valence-electron chi connectivity index (χ3n) is 3.25. The fourth-order valence-electron chi connectivity index (χ4n) is 2.10. The van der Waals surface area contributed by atoms with Crippen LogP contribution in [0.3, 0.4) is 0 Å². The minimum absolute atomic E-state index is 0.215. The van der Waals surface area contributed by atoms with Crippen LogP contribution in [0.25, 0.3) is 0 Å². The van der Waals surface area contributed by atoms with Gasteiger partial charge in [0.1, 0.15) is 5.82 Å². The number of carbonyl (C=O) groups is 1. The third kappa shape index (κ3) is 2.97. The van der Waals surface area contributed by atoms with Crippen LogP contribution in [0.5, 0.6) is 11.5 Å². The van der Waals surface area contributed by atoms with E-state index in [1.165, 1.54) is 0 Å². The predicted molar refractivity (Wildman–Crippen MR) is 79.0 cm³/mol. The molecule has 5 nitrogen and oxygen atoms in total. The Morgan fingerprint density at radius 3 is 2.81 bits per heavy atom. The Morgan fingerprint density at radius 1 is 1.19 bits per heavy atom. The lowest BCUT2D eigenvalue weighted by molar-refractivity contribution is 0.102. The van der Waals surface area contributed by atoms with Crippen LogP contribution in [0, 0.1) is 6.92 Å². The van der Waals surface area contributed by atoms with Crippen LogP contribution in [0.4, 0.5) is 5.82 Å². The molecule has 1 N–H and O–H groups in total. The van der Waals surface area contributed by atoms with Gasteiger partial charge in [0, 0.05) is 18.2 Å². The molecule has 0 atom stereocenters. The van der Waals surface area contributed by atoms with Crippen molar-refractivity contribution in [2.24, 2.45) is 0 Å². The van der Waals surface area contributed by atoms with Gasteiger partial charge in [-0.05, 0) is 36.8 Å². The first-order valence-electron chi connectivity index (χ1n) is 6.86. The summed E-state index contributed by atoms with van der Waals surface area (Å²) < 4.78 is 11.1. The number of anilines is 1. The second-order valence-corrected chi connectivity index (χ2v) is 4.84. The zero-order valence-corrected chi connectivity index (χ0v) is 11.8. The summed E-state index contributed by atoms with van der Waals surface area (Å²) in [5.41, 5.74) is 1.43. The van der Waals surface area contributed by atoms with E-state index in [2.05, 4.69) is 10.3 Å². The Balaban J connectivity index is 1.82. The maximum absolute atomic E-state index is 12.3. The van der Waals surface area contributed by atoms with Crippen LogP contribution in [-0.4, -0.2) is 24.1 Å². The largest absolute Gasteiger partial charge is 0.490 e. The van der Waals surface area contributed by atoms with E-state index in [4.69, 9.17) is 9.47 Å². The van der Waals surface area contributed by atoms with E-state index < -0.39 is 0 Å². The van der Waals surface area contributed by atoms with Crippen LogP contribution in [0.15, 0.2) is 36.5 Å². The minimum Gasteiger partial charge on any atom is -0.490 e. The van der Waals surface area contributed by atoms with Gasteiger partial charge in [0.15, 0.2) is 11.5 Å². The molecule has 0 radical (unpaired) electrons. The first-order valence-corrected chi connectivity index (χ1v) is 6.86. The van der Waals surface area contributed by atoms with E-state index in [0.717, 1.165) is 12.0 Å². The summed E-state index contributed by atoms with van der Waals surface area (Å²) in [4.78, 5) is 16.4. The number of aromatic nitrogens is 1. The van der Waals surface area contributed by atoms with Gasteiger partial charge in [-0.1, -0.05) is 6.07 Å². The Morgan fingerprint density at radius 2 is 2.00 bits per heavy atom. The molecule has 0 spiro atoms. The van der Waals surface area contributed by atoms with Gasteiger partial charge in [-0.2, -0.15) is 0 Å². The number of nitrogens with one attached hydrogen (secondary N) is 1. The highest BCUT2D eigenvalue weighted by Gasteiger charge is 2.14. The standard InChI is InChI=1S/C16H16N2O3/c1-11-4-2-7-17-15(11)18-16(19)12-5-6-13-14(10-12)21-9-3-8-20-13/h2,4-7,10H,3,8-9H2,1H3,(H,17,18,19). The van der Waals surface area contributed by atoms with Crippen LogP contribution in [-0.2, 0) is 0 Å². The number of nitrogens with zero attached hydrogens (tertiary/aromatic N) is 1. The molecule has 21 heavy (non-hydrogen) atoms. The van der Waals surface area contributed by atoms with Crippen molar-refractivity contribution in [1.29, 1.82) is 0 Å². The van der Waals surface area contributed by atoms with Crippen molar-refractivity contribution in [2.75, 3.05) is 18.5 Å². The van der Waals surface area contributed by atoms with E-state index in [9.17, 15) is 4.79 Å². The molecule has 0 fully saturated rings. The fraction of sp³-hybridized carbons (Fsp3) is 0.250. The number of hydrogen-bond acceptors (Lipinski definition) is 4. The number of carbonyl (C=O) groups excluding carboxylic acids is 1. The zero-order valence-electron chi connectivity index (χ0n) is 11.8. The first-order chi connectivity index (χ1) is 10.2. The number of fused-ring (bicyclic) bond motifs is 1. The molecule has 1 aromatic heterocycles. The quantitative estimate of drug-likeness (QED) is 0.921. The minimum atomic E-state index is -0.215. The molecule has 0 unspecified atom stereocenters. The second kappa shape index (κ2) is 5.83. The monoisotopic (exact) mass is 284 g/mol. The van der Waals surface area contributed by atoms with Crippen molar-refractivity contribution >= 4 is 11.7 Å². The molecule has 5 heteroatoms. The van der Waals surface area contributed by atoms with Crippen molar-refractivity contribution in [3.05, 3.63) is 47.7 Å². The molecular formula is C16H16N2O3. The number of rotatable bonds is 2. The molecule has 2 heterocycles. The summed E-state index contributed by atoms with van der Waals surface area (Å²) in [6, 6.07) is 8.92. The van der Waals surface area contributed by atoms with Crippen molar-refractivity contribution in [1.82, 2.24) is 4.98 Å². The average Bonchev–Trinajstić information content (AvgIpc) is 2.74. The summed E-state index contributed by atoms with van der Waals surface area (Å²) in [5.74, 6) is 1.64. The lowest BCUT2D eigenvalue weighted by atomic mass is 10.2. The number of amides is 1. The van der Waals surface area contributed by atoms with Gasteiger partial charge >= 0.3 is 0 Å². The van der Waals surface area contributed by atoms with Gasteiger partial charge in [-0.25, -0.2) is 4.98 Å². The highest BCUT2D eigenvalue weighted by atomic mass is 16.5. The van der Waals surface area contributed by atoms with E-state index >= 15 is 0 Å². The summed E-state index contributed by atoms with van der Waals surface area (Å²) in [6.07, 6.45) is 2.49. The van der Waals surface area contributed by atoms with Gasteiger partial charge in [0.05, 0.1) is 13.2 Å². The number of aryl methyl sites for hydroxylation is 1. The van der Waals surface area contributed by atoms with Gasteiger partial charge in [-0.15, -0.1) is 0 Å². The molecule has 1 aliphatic rings. The maximum Gasteiger partial charge on any atom is 0.256 e. The Kier molecular flexibility index (Phi) is 3.73. The summed E-state index contributed by atoms with van der Waals surface area (Å²) in [6.45, 7) is 3.12. The third-order valence-corrected chi connectivity index (χ3v) is 3.25. The van der Waals surface area contributed by atoms with Crippen molar-refractivity contribution in [2.45, 2.75) is 13.3 Å². The van der Waals surface area contributed by atoms with E-state index in [0.29, 0.717) is 36.1 Å². The summed E-state index contributed by atoms with van der Waals surface area (Å²) >= 11 is 0.